The van der Waals surface area contributed by atoms with Crippen molar-refractivity contribution >= 4 is 39.1 Å². The maximum Gasteiger partial charge on any atom is 0.326 e. The number of methoxy groups -OCH3 is 2. The highest BCUT2D eigenvalue weighted by Crippen LogP contribution is 2.34. The molecule has 0 spiro atoms. The summed E-state index contributed by atoms with van der Waals surface area (Å²) in [7, 11) is 2.97. The van der Waals surface area contributed by atoms with Crippen molar-refractivity contribution in [1.82, 2.24) is 5.32 Å². The average molecular weight is 352 g/mol. The molecule has 1 atom stereocenters. The van der Waals surface area contributed by atoms with Crippen molar-refractivity contribution in [3.05, 3.63) is 14.7 Å². The van der Waals surface area contributed by atoms with Crippen LogP contribution in [0.3, 0.4) is 0 Å². The Bertz CT molecular complexity index is 462. The number of ether oxygens (including phenoxy) is 2. The van der Waals surface area contributed by atoms with Gasteiger partial charge >= 0.3 is 5.97 Å². The van der Waals surface area contributed by atoms with Crippen molar-refractivity contribution in [3.8, 4) is 5.75 Å². The predicted octanol–water partition coefficient (Wildman–Crippen LogP) is 1.74. The summed E-state index contributed by atoms with van der Waals surface area (Å²) in [6.07, 6.45) is 0.210. The third-order valence-electron chi connectivity index (χ3n) is 2.31. The minimum atomic E-state index is -1.09. The molecule has 19 heavy (non-hydrogen) atoms. The van der Waals surface area contributed by atoms with Gasteiger partial charge in [0.15, 0.2) is 0 Å². The molecule has 2 N–H and O–H groups in total. The van der Waals surface area contributed by atoms with Gasteiger partial charge in [-0.2, -0.15) is 0 Å². The molecule has 1 amide bonds. The van der Waals surface area contributed by atoms with Gasteiger partial charge in [0.2, 0.25) is 0 Å². The fraction of sp³-hybridized carbons (Fsp3) is 0.455. The minimum absolute atomic E-state index is 0.210. The average Bonchev–Trinajstić information content (AvgIpc) is 2.75. The van der Waals surface area contributed by atoms with Crippen molar-refractivity contribution < 1.29 is 24.2 Å². The summed E-state index contributed by atoms with van der Waals surface area (Å²) in [5, 5.41) is 11.4. The number of amides is 1. The van der Waals surface area contributed by atoms with Gasteiger partial charge < -0.3 is 19.9 Å². The first-order chi connectivity index (χ1) is 8.99. The summed E-state index contributed by atoms with van der Waals surface area (Å²) in [5.41, 5.74) is 0. The number of rotatable bonds is 7. The number of nitrogens with one attached hydrogen (secondary N) is 1. The lowest BCUT2D eigenvalue weighted by atomic mass is 10.2. The fourth-order valence-corrected chi connectivity index (χ4v) is 2.88. The van der Waals surface area contributed by atoms with Gasteiger partial charge in [-0.15, -0.1) is 11.3 Å². The van der Waals surface area contributed by atoms with Crippen LogP contribution in [-0.2, 0) is 9.53 Å². The Labute approximate surface area is 122 Å². The first kappa shape index (κ1) is 15.9. The molecule has 0 fully saturated rings. The zero-order valence-corrected chi connectivity index (χ0v) is 12.8. The second kappa shape index (κ2) is 7.46. The summed E-state index contributed by atoms with van der Waals surface area (Å²) in [6.45, 7) is 0.259. The molecular weight excluding hydrogens is 338 g/mol. The second-order valence-corrected chi connectivity index (χ2v) is 5.97. The van der Waals surface area contributed by atoms with E-state index in [1.165, 1.54) is 25.6 Å². The highest BCUT2D eigenvalue weighted by molar-refractivity contribution is 9.11. The zero-order chi connectivity index (χ0) is 14.4. The summed E-state index contributed by atoms with van der Waals surface area (Å²) < 4.78 is 10.5. The Morgan fingerprint density at radius 1 is 1.53 bits per heavy atom. The lowest BCUT2D eigenvalue weighted by Gasteiger charge is -2.13. The molecule has 0 aromatic carbocycles. The Hall–Kier alpha value is -1.12. The number of carbonyl (C=O) groups is 2. The van der Waals surface area contributed by atoms with Crippen molar-refractivity contribution in [3.63, 3.8) is 0 Å². The largest absolute Gasteiger partial charge is 0.495 e. The number of hydrogen-bond acceptors (Lipinski definition) is 5. The molecule has 1 aromatic rings. The van der Waals surface area contributed by atoms with Gasteiger partial charge in [0.1, 0.15) is 15.6 Å². The van der Waals surface area contributed by atoms with Crippen molar-refractivity contribution in [2.45, 2.75) is 12.5 Å². The van der Waals surface area contributed by atoms with Gasteiger partial charge in [-0.3, -0.25) is 4.79 Å². The normalized spacial score (nSPS) is 11.9. The first-order valence-electron chi connectivity index (χ1n) is 5.35. The first-order valence-corrected chi connectivity index (χ1v) is 6.96. The molecule has 1 rings (SSSR count). The predicted molar refractivity (Wildman–Crippen MR) is 74.0 cm³/mol. The Balaban J connectivity index is 2.72. The SMILES string of the molecule is COCCC(NC(=O)c1cc(OC)c(Br)s1)C(=O)O. The molecule has 0 aliphatic rings. The van der Waals surface area contributed by atoms with Crippen LogP contribution in [0.5, 0.6) is 5.75 Å². The molecule has 0 saturated heterocycles. The van der Waals surface area contributed by atoms with Crippen LogP contribution < -0.4 is 10.1 Å². The van der Waals surface area contributed by atoms with Crippen molar-refractivity contribution in [2.75, 3.05) is 20.8 Å². The molecule has 8 heteroatoms. The molecule has 1 heterocycles. The van der Waals surface area contributed by atoms with Crippen LogP contribution in [-0.4, -0.2) is 43.9 Å². The Morgan fingerprint density at radius 3 is 2.68 bits per heavy atom. The smallest absolute Gasteiger partial charge is 0.326 e. The number of carboxylic acids is 1. The van der Waals surface area contributed by atoms with E-state index in [2.05, 4.69) is 21.2 Å². The number of thiophene rings is 1. The fourth-order valence-electron chi connectivity index (χ4n) is 1.33. The van der Waals surface area contributed by atoms with Gasteiger partial charge in [0.05, 0.1) is 12.0 Å². The monoisotopic (exact) mass is 351 g/mol. The number of carboxylic acid groups (broad SMARTS) is 1. The van der Waals surface area contributed by atoms with Crippen LogP contribution >= 0.6 is 27.3 Å². The number of halogens is 1. The van der Waals surface area contributed by atoms with E-state index in [1.807, 2.05) is 0 Å². The molecule has 0 radical (unpaired) electrons. The van der Waals surface area contributed by atoms with Crippen LogP contribution in [0, 0.1) is 0 Å². The van der Waals surface area contributed by atoms with Gasteiger partial charge in [0.25, 0.3) is 5.91 Å². The minimum Gasteiger partial charge on any atom is -0.495 e. The Morgan fingerprint density at radius 2 is 2.21 bits per heavy atom. The topological polar surface area (TPSA) is 84.9 Å². The van der Waals surface area contributed by atoms with E-state index in [0.29, 0.717) is 14.4 Å². The highest BCUT2D eigenvalue weighted by Gasteiger charge is 2.22. The van der Waals surface area contributed by atoms with Gasteiger partial charge in [-0.05, 0) is 15.9 Å². The molecule has 0 saturated carbocycles. The molecule has 1 unspecified atom stereocenters. The summed E-state index contributed by atoms with van der Waals surface area (Å²) in [5.74, 6) is -0.996. The number of carbonyl (C=O) groups excluding carboxylic acids is 1. The summed E-state index contributed by atoms with van der Waals surface area (Å²) in [6, 6.07) is 0.582. The van der Waals surface area contributed by atoms with E-state index in [-0.39, 0.29) is 13.0 Å². The molecule has 0 bridgehead atoms. The molecule has 0 aliphatic carbocycles. The van der Waals surface area contributed by atoms with Crippen LogP contribution in [0.4, 0.5) is 0 Å². The maximum absolute atomic E-state index is 11.9. The summed E-state index contributed by atoms with van der Waals surface area (Å²) in [4.78, 5) is 23.3. The van der Waals surface area contributed by atoms with Gasteiger partial charge in [-0.1, -0.05) is 0 Å². The van der Waals surface area contributed by atoms with E-state index in [9.17, 15) is 9.59 Å². The van der Waals surface area contributed by atoms with E-state index < -0.39 is 17.9 Å². The lowest BCUT2D eigenvalue weighted by Crippen LogP contribution is -2.41. The van der Waals surface area contributed by atoms with Crippen LogP contribution in [0.25, 0.3) is 0 Å². The maximum atomic E-state index is 11.9. The van der Waals surface area contributed by atoms with Gasteiger partial charge in [0, 0.05) is 26.2 Å². The van der Waals surface area contributed by atoms with Gasteiger partial charge in [-0.25, -0.2) is 4.79 Å². The van der Waals surface area contributed by atoms with Crippen molar-refractivity contribution in [2.24, 2.45) is 0 Å². The zero-order valence-electron chi connectivity index (χ0n) is 10.4. The third kappa shape index (κ3) is 4.48. The quantitative estimate of drug-likeness (QED) is 0.781. The van der Waals surface area contributed by atoms with Crippen LogP contribution in [0.1, 0.15) is 16.1 Å². The number of hydrogen-bond donors (Lipinski definition) is 2. The number of aliphatic carboxylic acids is 1. The van der Waals surface area contributed by atoms with E-state index in [1.54, 1.807) is 6.07 Å². The van der Waals surface area contributed by atoms with Crippen LogP contribution in [0.15, 0.2) is 9.85 Å². The Kier molecular flexibility index (Phi) is 6.26. The lowest BCUT2D eigenvalue weighted by molar-refractivity contribution is -0.139. The molecule has 106 valence electrons. The molecule has 0 aliphatic heterocycles. The molecule has 6 nitrogen and oxygen atoms in total. The van der Waals surface area contributed by atoms with E-state index in [4.69, 9.17) is 14.6 Å². The second-order valence-electron chi connectivity index (χ2n) is 3.60. The molecular formula is C11H14BrNO5S. The van der Waals surface area contributed by atoms with E-state index in [0.717, 1.165) is 0 Å². The third-order valence-corrected chi connectivity index (χ3v) is 4.09. The van der Waals surface area contributed by atoms with Crippen molar-refractivity contribution in [1.29, 1.82) is 0 Å². The van der Waals surface area contributed by atoms with Crippen LogP contribution in [0.2, 0.25) is 0 Å². The highest BCUT2D eigenvalue weighted by atomic mass is 79.9. The van der Waals surface area contributed by atoms with E-state index >= 15 is 0 Å². The standard InChI is InChI=1S/C11H14BrNO5S/c1-17-4-3-6(11(15)16)13-10(14)8-5-7(18-2)9(12)19-8/h5-6H,3-4H2,1-2H3,(H,13,14)(H,15,16). The summed E-state index contributed by atoms with van der Waals surface area (Å²) >= 11 is 4.44. The molecule has 1 aromatic heterocycles.